The first-order chi connectivity index (χ1) is 8.65. The molecule has 0 aliphatic heterocycles. The van der Waals surface area contributed by atoms with Crippen molar-refractivity contribution < 1.29 is 8.81 Å². The van der Waals surface area contributed by atoms with E-state index in [4.69, 9.17) is 10.2 Å². The summed E-state index contributed by atoms with van der Waals surface area (Å²) in [6, 6.07) is 8.78. The number of halogens is 2. The van der Waals surface area contributed by atoms with Crippen LogP contribution in [0.5, 0.6) is 0 Å². The second-order valence-electron chi connectivity index (χ2n) is 4.32. The lowest BCUT2D eigenvalue weighted by Gasteiger charge is -2.11. The molecule has 2 nitrogen and oxygen atoms in total. The van der Waals surface area contributed by atoms with Crippen molar-refractivity contribution in [1.82, 2.24) is 0 Å². The van der Waals surface area contributed by atoms with Gasteiger partial charge in [0.2, 0.25) is 0 Å². The van der Waals surface area contributed by atoms with Crippen molar-refractivity contribution >= 4 is 15.9 Å². The van der Waals surface area contributed by atoms with Crippen LogP contribution in [-0.4, -0.2) is 6.04 Å². The zero-order chi connectivity index (χ0) is 13.0. The van der Waals surface area contributed by atoms with Gasteiger partial charge in [-0.2, -0.15) is 0 Å². The third kappa shape index (κ3) is 3.68. The smallest absolute Gasteiger partial charge is 0.127 e. The molecular weight excluding hydrogens is 297 g/mol. The van der Waals surface area contributed by atoms with E-state index >= 15 is 0 Å². The van der Waals surface area contributed by atoms with Gasteiger partial charge in [-0.05, 0) is 42.7 Å². The molecule has 2 rings (SSSR count). The minimum atomic E-state index is -0.210. The molecule has 0 fully saturated rings. The fourth-order valence-electron chi connectivity index (χ4n) is 1.85. The van der Waals surface area contributed by atoms with Gasteiger partial charge in [0.1, 0.15) is 11.6 Å². The Morgan fingerprint density at radius 2 is 2.17 bits per heavy atom. The van der Waals surface area contributed by atoms with Crippen molar-refractivity contribution in [2.45, 2.75) is 25.3 Å². The average Bonchev–Trinajstić information content (AvgIpc) is 2.83. The summed E-state index contributed by atoms with van der Waals surface area (Å²) in [4.78, 5) is 0. The maximum atomic E-state index is 13.6. The molecule has 1 aromatic carbocycles. The molecule has 0 saturated carbocycles. The summed E-state index contributed by atoms with van der Waals surface area (Å²) in [6.07, 6.45) is 3.75. The van der Waals surface area contributed by atoms with Gasteiger partial charge in [-0.3, -0.25) is 0 Å². The van der Waals surface area contributed by atoms with Gasteiger partial charge < -0.3 is 10.2 Å². The van der Waals surface area contributed by atoms with Crippen molar-refractivity contribution in [2.24, 2.45) is 5.73 Å². The Morgan fingerprint density at radius 3 is 2.83 bits per heavy atom. The molecule has 0 aliphatic rings. The predicted molar refractivity (Wildman–Crippen MR) is 72.8 cm³/mol. The normalized spacial score (nSPS) is 12.6. The summed E-state index contributed by atoms with van der Waals surface area (Å²) in [5.74, 6) is 0.708. The summed E-state index contributed by atoms with van der Waals surface area (Å²) in [7, 11) is 0. The number of hydrogen-bond donors (Lipinski definition) is 1. The number of hydrogen-bond acceptors (Lipinski definition) is 2. The zero-order valence-corrected chi connectivity index (χ0v) is 11.5. The number of furan rings is 1. The molecule has 0 amide bonds. The van der Waals surface area contributed by atoms with E-state index in [1.165, 1.54) is 6.07 Å². The highest BCUT2D eigenvalue weighted by Crippen LogP contribution is 2.17. The molecule has 4 heteroatoms. The fraction of sp³-hybridized carbons (Fsp3) is 0.286. The first-order valence-corrected chi connectivity index (χ1v) is 6.66. The van der Waals surface area contributed by atoms with Gasteiger partial charge in [-0.25, -0.2) is 4.39 Å². The van der Waals surface area contributed by atoms with Crippen LogP contribution in [0.25, 0.3) is 0 Å². The van der Waals surface area contributed by atoms with Crippen LogP contribution >= 0.6 is 15.9 Å². The third-order valence-corrected chi connectivity index (χ3v) is 3.33. The maximum absolute atomic E-state index is 13.6. The average molecular weight is 312 g/mol. The predicted octanol–water partition coefficient (Wildman–Crippen LogP) is 3.68. The van der Waals surface area contributed by atoms with Gasteiger partial charge in [0.05, 0.1) is 6.26 Å². The van der Waals surface area contributed by atoms with Gasteiger partial charge in [0.15, 0.2) is 0 Å². The molecule has 1 atom stereocenters. The molecule has 18 heavy (non-hydrogen) atoms. The minimum Gasteiger partial charge on any atom is -0.469 e. The molecule has 96 valence electrons. The Hall–Kier alpha value is -1.13. The number of aryl methyl sites for hydroxylation is 1. The van der Waals surface area contributed by atoms with Crippen molar-refractivity contribution in [2.75, 3.05) is 0 Å². The topological polar surface area (TPSA) is 39.2 Å². The third-order valence-electron chi connectivity index (χ3n) is 2.84. The molecule has 1 unspecified atom stereocenters. The quantitative estimate of drug-likeness (QED) is 0.914. The van der Waals surface area contributed by atoms with E-state index in [2.05, 4.69) is 15.9 Å². The summed E-state index contributed by atoms with van der Waals surface area (Å²) < 4.78 is 19.6. The lowest BCUT2D eigenvalue weighted by molar-refractivity contribution is 0.481. The summed E-state index contributed by atoms with van der Waals surface area (Å²) in [5.41, 5.74) is 6.67. The molecule has 1 aromatic heterocycles. The standard InChI is InChI=1S/C14H15BrFNO/c15-11-4-3-10(14(16)9-11)8-12(17)5-6-13-2-1-7-18-13/h1-4,7,9,12H,5-6,8,17H2. The molecular formula is C14H15BrFNO. The highest BCUT2D eigenvalue weighted by atomic mass is 79.9. The van der Waals surface area contributed by atoms with Crippen LogP contribution in [0.2, 0.25) is 0 Å². The molecule has 0 radical (unpaired) electrons. The van der Waals surface area contributed by atoms with E-state index < -0.39 is 0 Å². The Labute approximate surface area is 114 Å². The molecule has 2 N–H and O–H groups in total. The van der Waals surface area contributed by atoms with Crippen LogP contribution < -0.4 is 5.73 Å². The molecule has 2 aromatic rings. The number of benzene rings is 1. The summed E-state index contributed by atoms with van der Waals surface area (Å²) in [5, 5.41) is 0. The number of rotatable bonds is 5. The van der Waals surface area contributed by atoms with Crippen molar-refractivity contribution in [3.63, 3.8) is 0 Å². The Balaban J connectivity index is 1.88. The van der Waals surface area contributed by atoms with Gasteiger partial charge in [-0.1, -0.05) is 22.0 Å². The van der Waals surface area contributed by atoms with E-state index in [0.717, 1.165) is 23.1 Å². The van der Waals surface area contributed by atoms with Gasteiger partial charge in [0, 0.05) is 16.9 Å². The van der Waals surface area contributed by atoms with Crippen molar-refractivity contribution in [3.05, 3.63) is 58.2 Å². The fourth-order valence-corrected chi connectivity index (χ4v) is 2.19. The van der Waals surface area contributed by atoms with Crippen LogP contribution in [-0.2, 0) is 12.8 Å². The van der Waals surface area contributed by atoms with Crippen molar-refractivity contribution in [1.29, 1.82) is 0 Å². The van der Waals surface area contributed by atoms with Crippen LogP contribution in [0.4, 0.5) is 4.39 Å². The lowest BCUT2D eigenvalue weighted by atomic mass is 10.0. The van der Waals surface area contributed by atoms with E-state index in [0.29, 0.717) is 12.0 Å². The molecule has 1 heterocycles. The molecule has 0 spiro atoms. The SMILES string of the molecule is NC(CCc1ccco1)Cc1ccc(Br)cc1F. The Morgan fingerprint density at radius 1 is 1.33 bits per heavy atom. The Bertz CT molecular complexity index is 499. The van der Waals surface area contributed by atoms with E-state index in [9.17, 15) is 4.39 Å². The van der Waals surface area contributed by atoms with Crippen molar-refractivity contribution in [3.8, 4) is 0 Å². The molecule has 0 saturated heterocycles. The lowest BCUT2D eigenvalue weighted by Crippen LogP contribution is -2.24. The Kier molecular flexibility index (Phi) is 4.55. The number of nitrogens with two attached hydrogens (primary N) is 1. The summed E-state index contributed by atoms with van der Waals surface area (Å²) >= 11 is 3.24. The van der Waals surface area contributed by atoms with Crippen LogP contribution in [0.15, 0.2) is 45.5 Å². The van der Waals surface area contributed by atoms with Crippen LogP contribution in [0, 0.1) is 5.82 Å². The van der Waals surface area contributed by atoms with Gasteiger partial charge in [0.25, 0.3) is 0 Å². The summed E-state index contributed by atoms with van der Waals surface area (Å²) in [6.45, 7) is 0. The first-order valence-electron chi connectivity index (χ1n) is 5.87. The largest absolute Gasteiger partial charge is 0.469 e. The maximum Gasteiger partial charge on any atom is 0.127 e. The van der Waals surface area contributed by atoms with E-state index in [1.807, 2.05) is 18.2 Å². The van der Waals surface area contributed by atoms with Gasteiger partial charge >= 0.3 is 0 Å². The van der Waals surface area contributed by atoms with E-state index in [1.54, 1.807) is 12.3 Å². The second kappa shape index (κ2) is 6.16. The van der Waals surface area contributed by atoms with Crippen LogP contribution in [0.3, 0.4) is 0 Å². The molecule has 0 aliphatic carbocycles. The minimum absolute atomic E-state index is 0.0641. The highest BCUT2D eigenvalue weighted by molar-refractivity contribution is 9.10. The second-order valence-corrected chi connectivity index (χ2v) is 5.23. The first kappa shape index (κ1) is 13.3. The highest BCUT2D eigenvalue weighted by Gasteiger charge is 2.09. The monoisotopic (exact) mass is 311 g/mol. The van der Waals surface area contributed by atoms with E-state index in [-0.39, 0.29) is 11.9 Å². The molecule has 0 bridgehead atoms. The zero-order valence-electron chi connectivity index (χ0n) is 9.90. The van der Waals surface area contributed by atoms with Gasteiger partial charge in [-0.15, -0.1) is 0 Å². The van der Waals surface area contributed by atoms with Crippen LogP contribution in [0.1, 0.15) is 17.7 Å².